The van der Waals surface area contributed by atoms with Gasteiger partial charge in [-0.15, -0.1) is 0 Å². The van der Waals surface area contributed by atoms with Gasteiger partial charge in [-0.25, -0.2) is 9.50 Å². The van der Waals surface area contributed by atoms with Gasteiger partial charge in [0.1, 0.15) is 5.69 Å². The van der Waals surface area contributed by atoms with Crippen LogP contribution < -0.4 is 10.2 Å². The third-order valence-corrected chi connectivity index (χ3v) is 6.28. The second-order valence-electron chi connectivity index (χ2n) is 8.04. The number of piperazine rings is 1. The molecule has 3 heterocycles. The minimum absolute atomic E-state index is 0.254. The highest BCUT2D eigenvalue weighted by atomic mass is 35.5. The van der Waals surface area contributed by atoms with Crippen LogP contribution in [0.25, 0.3) is 16.8 Å². The predicted molar refractivity (Wildman–Crippen MR) is 132 cm³/mol. The number of nitrogens with one attached hydrogen (secondary N) is 1. The van der Waals surface area contributed by atoms with Crippen molar-refractivity contribution >= 4 is 34.5 Å². The fourth-order valence-electron chi connectivity index (χ4n) is 4.20. The molecule has 2 aromatic heterocycles. The van der Waals surface area contributed by atoms with Crippen LogP contribution in [0.3, 0.4) is 0 Å². The molecule has 1 amide bonds. The third kappa shape index (κ3) is 4.42. The molecule has 168 valence electrons. The summed E-state index contributed by atoms with van der Waals surface area (Å²) in [6.07, 6.45) is 3.49. The number of hydrogen-bond acceptors (Lipinski definition) is 5. The van der Waals surface area contributed by atoms with Crippen LogP contribution >= 0.6 is 11.6 Å². The molecule has 8 heteroatoms. The molecule has 0 saturated carbocycles. The Kier molecular flexibility index (Phi) is 5.98. The molecule has 1 saturated heterocycles. The van der Waals surface area contributed by atoms with Crippen molar-refractivity contribution in [3.05, 3.63) is 77.7 Å². The van der Waals surface area contributed by atoms with Crippen molar-refractivity contribution in [1.82, 2.24) is 19.5 Å². The van der Waals surface area contributed by atoms with Gasteiger partial charge in [0.15, 0.2) is 5.65 Å². The SMILES string of the molecule is CCN1CCN(c2ccccc2NC(=O)c2ccn3ncc(-c4cccc(Cl)c4)c3n2)CC1. The molecular weight excluding hydrogens is 436 g/mol. The maximum Gasteiger partial charge on any atom is 0.274 e. The van der Waals surface area contributed by atoms with E-state index in [1.54, 1.807) is 23.0 Å². The van der Waals surface area contributed by atoms with Crippen LogP contribution in [-0.2, 0) is 0 Å². The quantitative estimate of drug-likeness (QED) is 0.477. The number of benzene rings is 2. The Bertz CT molecular complexity index is 1300. The monoisotopic (exact) mass is 460 g/mol. The molecule has 7 nitrogen and oxygen atoms in total. The zero-order valence-electron chi connectivity index (χ0n) is 18.4. The van der Waals surface area contributed by atoms with E-state index in [1.165, 1.54) is 0 Å². The Balaban J connectivity index is 1.41. The van der Waals surface area contributed by atoms with Crippen molar-refractivity contribution < 1.29 is 4.79 Å². The van der Waals surface area contributed by atoms with Crippen molar-refractivity contribution in [2.24, 2.45) is 0 Å². The average Bonchev–Trinajstić information content (AvgIpc) is 3.28. The molecule has 0 unspecified atom stereocenters. The topological polar surface area (TPSA) is 65.8 Å². The van der Waals surface area contributed by atoms with Gasteiger partial charge in [-0.3, -0.25) is 4.79 Å². The number of nitrogens with zero attached hydrogens (tertiary/aromatic N) is 5. The summed E-state index contributed by atoms with van der Waals surface area (Å²) in [4.78, 5) is 22.5. The number of amides is 1. The fourth-order valence-corrected chi connectivity index (χ4v) is 4.39. The van der Waals surface area contributed by atoms with E-state index in [9.17, 15) is 4.79 Å². The molecule has 0 atom stereocenters. The van der Waals surface area contributed by atoms with E-state index in [4.69, 9.17) is 11.6 Å². The first-order valence-corrected chi connectivity index (χ1v) is 11.5. The van der Waals surface area contributed by atoms with Gasteiger partial charge in [0.25, 0.3) is 5.91 Å². The Hall–Kier alpha value is -3.42. The summed E-state index contributed by atoms with van der Waals surface area (Å²) in [7, 11) is 0. The zero-order valence-corrected chi connectivity index (χ0v) is 19.2. The lowest BCUT2D eigenvalue weighted by Crippen LogP contribution is -2.46. The summed E-state index contributed by atoms with van der Waals surface area (Å²) in [5.74, 6) is -0.254. The van der Waals surface area contributed by atoms with Crippen molar-refractivity contribution in [2.45, 2.75) is 6.92 Å². The molecule has 0 spiro atoms. The lowest BCUT2D eigenvalue weighted by Gasteiger charge is -2.36. The van der Waals surface area contributed by atoms with E-state index < -0.39 is 0 Å². The smallest absolute Gasteiger partial charge is 0.274 e. The highest BCUT2D eigenvalue weighted by Gasteiger charge is 2.20. The first-order chi connectivity index (χ1) is 16.1. The van der Waals surface area contributed by atoms with E-state index in [-0.39, 0.29) is 5.91 Å². The Morgan fingerprint density at radius 3 is 2.67 bits per heavy atom. The van der Waals surface area contributed by atoms with Gasteiger partial charge in [-0.2, -0.15) is 5.10 Å². The van der Waals surface area contributed by atoms with Gasteiger partial charge < -0.3 is 15.1 Å². The highest BCUT2D eigenvalue weighted by molar-refractivity contribution is 6.30. The molecule has 2 aromatic carbocycles. The van der Waals surface area contributed by atoms with Crippen molar-refractivity contribution in [3.8, 4) is 11.1 Å². The third-order valence-electron chi connectivity index (χ3n) is 6.05. The number of fused-ring (bicyclic) bond motifs is 1. The first kappa shape index (κ1) is 21.4. The summed E-state index contributed by atoms with van der Waals surface area (Å²) in [5, 5.41) is 8.07. The molecule has 0 bridgehead atoms. The first-order valence-electron chi connectivity index (χ1n) is 11.1. The number of carbonyl (C=O) groups excluding carboxylic acids is 1. The minimum atomic E-state index is -0.254. The normalized spacial score (nSPS) is 14.5. The Labute approximate surface area is 197 Å². The molecule has 1 N–H and O–H groups in total. The number of anilines is 2. The largest absolute Gasteiger partial charge is 0.367 e. The van der Waals surface area contributed by atoms with Gasteiger partial charge in [0.2, 0.25) is 0 Å². The minimum Gasteiger partial charge on any atom is -0.367 e. The van der Waals surface area contributed by atoms with Crippen LogP contribution in [0, 0.1) is 0 Å². The highest BCUT2D eigenvalue weighted by Crippen LogP contribution is 2.28. The predicted octanol–water partition coefficient (Wildman–Crippen LogP) is 4.44. The van der Waals surface area contributed by atoms with Crippen molar-refractivity contribution in [1.29, 1.82) is 0 Å². The van der Waals surface area contributed by atoms with E-state index in [2.05, 4.69) is 38.2 Å². The summed E-state index contributed by atoms with van der Waals surface area (Å²) < 4.78 is 1.66. The Morgan fingerprint density at radius 2 is 1.88 bits per heavy atom. The number of para-hydroxylation sites is 2. The van der Waals surface area contributed by atoms with Crippen LogP contribution in [0.4, 0.5) is 11.4 Å². The molecule has 0 radical (unpaired) electrons. The lowest BCUT2D eigenvalue weighted by atomic mass is 10.1. The molecule has 1 aliphatic rings. The van der Waals surface area contributed by atoms with Crippen molar-refractivity contribution in [3.63, 3.8) is 0 Å². The maximum absolute atomic E-state index is 13.2. The summed E-state index contributed by atoms with van der Waals surface area (Å²) in [6, 6.07) is 17.1. The Morgan fingerprint density at radius 1 is 1.06 bits per heavy atom. The molecule has 1 fully saturated rings. The van der Waals surface area contributed by atoms with E-state index in [0.717, 1.165) is 55.2 Å². The van der Waals surface area contributed by atoms with Crippen LogP contribution in [0.15, 0.2) is 67.0 Å². The second kappa shape index (κ2) is 9.21. The lowest BCUT2D eigenvalue weighted by molar-refractivity contribution is 0.102. The van der Waals surface area contributed by atoms with E-state index >= 15 is 0 Å². The number of halogens is 1. The van der Waals surface area contributed by atoms with Gasteiger partial charge in [0, 0.05) is 43.0 Å². The van der Waals surface area contributed by atoms with Gasteiger partial charge in [0.05, 0.1) is 17.6 Å². The molecule has 0 aliphatic carbocycles. The molecule has 4 aromatic rings. The molecule has 33 heavy (non-hydrogen) atoms. The molecule has 5 rings (SSSR count). The zero-order chi connectivity index (χ0) is 22.8. The number of rotatable bonds is 5. The number of aromatic nitrogens is 3. The van der Waals surface area contributed by atoms with Crippen LogP contribution in [0.1, 0.15) is 17.4 Å². The van der Waals surface area contributed by atoms with E-state index in [1.807, 2.05) is 42.5 Å². The average molecular weight is 461 g/mol. The molecule has 1 aliphatic heterocycles. The van der Waals surface area contributed by atoms with Crippen molar-refractivity contribution in [2.75, 3.05) is 42.9 Å². The number of hydrogen-bond donors (Lipinski definition) is 1. The summed E-state index contributed by atoms with van der Waals surface area (Å²) in [6.45, 7) is 7.15. The maximum atomic E-state index is 13.2. The van der Waals surface area contributed by atoms with Crippen LogP contribution in [0.5, 0.6) is 0 Å². The van der Waals surface area contributed by atoms with Crippen LogP contribution in [0.2, 0.25) is 5.02 Å². The molecular formula is C25H25ClN6O. The standard InChI is InChI=1S/C25H25ClN6O/c1-2-30-12-14-31(15-13-30)23-9-4-3-8-21(23)29-25(33)22-10-11-32-24(28-22)20(17-27-32)18-6-5-7-19(26)16-18/h3-11,16-17H,2,12-15H2,1H3,(H,29,33). The fraction of sp³-hybridized carbons (Fsp3) is 0.240. The summed E-state index contributed by atoms with van der Waals surface area (Å²) >= 11 is 6.16. The van der Waals surface area contributed by atoms with E-state index in [0.29, 0.717) is 16.4 Å². The summed E-state index contributed by atoms with van der Waals surface area (Å²) in [5.41, 5.74) is 4.48. The second-order valence-corrected chi connectivity index (χ2v) is 8.48. The van der Waals surface area contributed by atoms with Gasteiger partial charge >= 0.3 is 0 Å². The van der Waals surface area contributed by atoms with Gasteiger partial charge in [-0.05, 0) is 42.4 Å². The number of likely N-dealkylation sites (N-methyl/N-ethyl adjacent to an activating group) is 1. The van der Waals surface area contributed by atoms with Gasteiger partial charge in [-0.1, -0.05) is 42.8 Å². The number of carbonyl (C=O) groups is 1. The van der Waals surface area contributed by atoms with Crippen LogP contribution in [-0.4, -0.2) is 58.1 Å².